The number of aryl methyl sites for hydroxylation is 2. The summed E-state index contributed by atoms with van der Waals surface area (Å²) in [5.74, 6) is -0.778. The zero-order chi connectivity index (χ0) is 41.7. The van der Waals surface area contributed by atoms with Crippen LogP contribution in [0.4, 0.5) is 0 Å². The van der Waals surface area contributed by atoms with Crippen molar-refractivity contribution in [2.75, 3.05) is 6.61 Å². The summed E-state index contributed by atoms with van der Waals surface area (Å²) in [6.07, 6.45) is -0.950. The highest BCUT2D eigenvalue weighted by Crippen LogP contribution is 2.34. The van der Waals surface area contributed by atoms with E-state index in [0.717, 1.165) is 33.2 Å². The Morgan fingerprint density at radius 3 is 1.56 bits per heavy atom. The van der Waals surface area contributed by atoms with Crippen molar-refractivity contribution in [3.8, 4) is 22.9 Å². The van der Waals surface area contributed by atoms with Crippen LogP contribution in [0.15, 0.2) is 133 Å². The summed E-state index contributed by atoms with van der Waals surface area (Å²) in [5, 5.41) is 29.2. The van der Waals surface area contributed by atoms with Crippen molar-refractivity contribution in [3.63, 3.8) is 0 Å². The molecule has 0 radical (unpaired) electrons. The number of nitrogens with zero attached hydrogens (tertiary/aromatic N) is 6. The molecule has 8 rings (SSSR count). The summed E-state index contributed by atoms with van der Waals surface area (Å²) in [4.78, 5) is 27.8. The number of rotatable bonds is 11. The lowest BCUT2D eigenvalue weighted by atomic mass is 9.95. The van der Waals surface area contributed by atoms with Crippen LogP contribution in [0.5, 0.6) is 11.5 Å². The number of carboxylic acids is 1. The second-order valence-electron chi connectivity index (χ2n) is 13.6. The lowest BCUT2D eigenvalue weighted by Gasteiger charge is -2.28. The number of aliphatic carboxylic acids is 1. The molecule has 0 saturated heterocycles. The molecule has 1 N–H and O–H groups in total. The van der Waals surface area contributed by atoms with Gasteiger partial charge in [-0.3, -0.25) is 0 Å². The van der Waals surface area contributed by atoms with E-state index in [0.29, 0.717) is 44.0 Å². The molecule has 0 amide bonds. The Morgan fingerprint density at radius 1 is 0.661 bits per heavy atom. The average molecular weight is 830 g/mol. The molecule has 8 aromatic rings. The van der Waals surface area contributed by atoms with E-state index in [-0.39, 0.29) is 6.61 Å². The van der Waals surface area contributed by atoms with Gasteiger partial charge in [0.2, 0.25) is 11.7 Å². The summed E-state index contributed by atoms with van der Waals surface area (Å²) in [7, 11) is 0. The monoisotopic (exact) mass is 828 g/mol. The Morgan fingerprint density at radius 2 is 1.10 bits per heavy atom. The summed E-state index contributed by atoms with van der Waals surface area (Å²) < 4.78 is 17.5. The van der Waals surface area contributed by atoms with Crippen molar-refractivity contribution < 1.29 is 28.9 Å². The zero-order valence-electron chi connectivity index (χ0n) is 32.4. The maximum atomic E-state index is 12.7. The first-order valence-electron chi connectivity index (χ1n) is 18.6. The molecule has 0 bridgehead atoms. The molecule has 0 saturated carbocycles. The minimum absolute atomic E-state index is 0.249. The molecule has 2 aromatic heterocycles. The van der Waals surface area contributed by atoms with Gasteiger partial charge in [-0.2, -0.15) is 0 Å². The molecule has 6 aromatic carbocycles. The van der Waals surface area contributed by atoms with Crippen LogP contribution in [-0.2, 0) is 19.9 Å². The zero-order valence-corrected chi connectivity index (χ0v) is 33.9. The third-order valence-electron chi connectivity index (χ3n) is 9.27. The number of carboxylic acid groups (broad SMARTS) is 1. The van der Waals surface area contributed by atoms with E-state index in [1.807, 2.05) is 86.6 Å². The third-order valence-corrected chi connectivity index (χ3v) is 9.77. The van der Waals surface area contributed by atoms with Gasteiger partial charge in [-0.15, -0.1) is 30.0 Å². The number of ether oxygens (including phenoxy) is 3. The number of hydrogen-bond donors (Lipinski definition) is 1. The van der Waals surface area contributed by atoms with Gasteiger partial charge in [0.05, 0.1) is 6.61 Å². The van der Waals surface area contributed by atoms with Crippen molar-refractivity contribution in [1.29, 1.82) is 0 Å². The SMILES string of the molecule is CCOC(=O)C(Oc1ccc(C)cc1-n1nc2ccccc2n1)c1ccc(Cl)cc1.Cc1ccc(OC(C)(C(=O)O)c2ccc(Cl)cc2)c(-n2nc3ccccc3n2)c1. The Kier molecular flexibility index (Phi) is 11.9. The van der Waals surface area contributed by atoms with Crippen molar-refractivity contribution >= 4 is 57.2 Å². The molecule has 0 aliphatic heterocycles. The predicted octanol–water partition coefficient (Wildman–Crippen LogP) is 9.83. The lowest BCUT2D eigenvalue weighted by Crippen LogP contribution is -2.38. The van der Waals surface area contributed by atoms with E-state index in [1.54, 1.807) is 67.6 Å². The molecule has 2 unspecified atom stereocenters. The highest BCUT2D eigenvalue weighted by Gasteiger charge is 2.39. The van der Waals surface area contributed by atoms with Crippen molar-refractivity contribution in [2.45, 2.75) is 39.4 Å². The van der Waals surface area contributed by atoms with Gasteiger partial charge in [-0.05, 0) is 112 Å². The largest absolute Gasteiger partial charge is 0.478 e. The molecule has 0 spiro atoms. The number of carbonyl (C=O) groups excluding carboxylic acids is 1. The second-order valence-corrected chi connectivity index (χ2v) is 14.5. The van der Waals surface area contributed by atoms with Crippen LogP contribution in [0, 0.1) is 13.8 Å². The highest BCUT2D eigenvalue weighted by molar-refractivity contribution is 6.30. The summed E-state index contributed by atoms with van der Waals surface area (Å²) >= 11 is 12.0. The Labute approximate surface area is 349 Å². The minimum Gasteiger partial charge on any atom is -0.478 e. The highest BCUT2D eigenvalue weighted by atomic mass is 35.5. The van der Waals surface area contributed by atoms with Crippen LogP contribution in [-0.4, -0.2) is 53.6 Å². The molecule has 298 valence electrons. The fourth-order valence-electron chi connectivity index (χ4n) is 6.14. The van der Waals surface area contributed by atoms with E-state index < -0.39 is 23.6 Å². The normalized spacial score (nSPS) is 12.6. The van der Waals surface area contributed by atoms with Crippen molar-refractivity contribution in [3.05, 3.63) is 166 Å². The second kappa shape index (κ2) is 17.4. The van der Waals surface area contributed by atoms with Crippen LogP contribution in [0.2, 0.25) is 10.0 Å². The molecule has 0 aliphatic carbocycles. The van der Waals surface area contributed by atoms with Crippen LogP contribution >= 0.6 is 23.2 Å². The van der Waals surface area contributed by atoms with Gasteiger partial charge in [-0.25, -0.2) is 9.59 Å². The van der Waals surface area contributed by atoms with E-state index in [9.17, 15) is 14.7 Å². The fourth-order valence-corrected chi connectivity index (χ4v) is 6.39. The van der Waals surface area contributed by atoms with Gasteiger partial charge in [0.1, 0.15) is 44.9 Å². The lowest BCUT2D eigenvalue weighted by molar-refractivity contribution is -0.154. The van der Waals surface area contributed by atoms with E-state index in [2.05, 4.69) is 20.4 Å². The maximum Gasteiger partial charge on any atom is 0.352 e. The quantitative estimate of drug-likeness (QED) is 0.125. The van der Waals surface area contributed by atoms with Crippen LogP contribution in [0.25, 0.3) is 33.4 Å². The Hall–Kier alpha value is -6.76. The summed E-state index contributed by atoms with van der Waals surface area (Å²) in [6.45, 7) is 7.42. The number of carbonyl (C=O) groups is 2. The van der Waals surface area contributed by atoms with E-state index in [1.165, 1.54) is 16.5 Å². The summed E-state index contributed by atoms with van der Waals surface area (Å²) in [6, 6.07) is 39.7. The van der Waals surface area contributed by atoms with Crippen LogP contribution < -0.4 is 9.47 Å². The van der Waals surface area contributed by atoms with E-state index in [4.69, 9.17) is 37.4 Å². The van der Waals surface area contributed by atoms with Gasteiger partial charge in [0, 0.05) is 21.2 Å². The molecular weight excluding hydrogens is 791 g/mol. The van der Waals surface area contributed by atoms with Gasteiger partial charge in [-0.1, -0.05) is 83.9 Å². The van der Waals surface area contributed by atoms with E-state index >= 15 is 0 Å². The molecule has 0 fully saturated rings. The molecule has 14 heteroatoms. The van der Waals surface area contributed by atoms with Crippen LogP contribution in [0.1, 0.15) is 42.2 Å². The molecule has 2 atom stereocenters. The molecule has 59 heavy (non-hydrogen) atoms. The first-order chi connectivity index (χ1) is 28.4. The molecule has 0 aliphatic rings. The number of aromatic nitrogens is 6. The average Bonchev–Trinajstić information content (AvgIpc) is 3.87. The first kappa shape index (κ1) is 40.4. The molecule has 2 heterocycles. The molecule has 12 nitrogen and oxygen atoms in total. The number of fused-ring (bicyclic) bond motifs is 2. The van der Waals surface area contributed by atoms with Crippen molar-refractivity contribution in [2.24, 2.45) is 0 Å². The summed E-state index contributed by atoms with van der Waals surface area (Å²) in [5.41, 5.74) is 5.67. The first-order valence-corrected chi connectivity index (χ1v) is 19.3. The Bertz CT molecular complexity index is 2710. The fraction of sp³-hybridized carbons (Fsp3) is 0.156. The van der Waals surface area contributed by atoms with Crippen LogP contribution in [0.3, 0.4) is 0 Å². The smallest absolute Gasteiger partial charge is 0.352 e. The van der Waals surface area contributed by atoms with Gasteiger partial charge < -0.3 is 19.3 Å². The predicted molar refractivity (Wildman–Crippen MR) is 226 cm³/mol. The third kappa shape index (κ3) is 9.04. The van der Waals surface area contributed by atoms with Gasteiger partial charge >= 0.3 is 11.9 Å². The number of benzene rings is 6. The Balaban J connectivity index is 0.000000179. The standard InChI is InChI=1S/C23H20ClN3O3.C22H18ClN3O3/c1-3-29-23(28)22(16-9-11-17(24)12-10-16)30-21-13-8-15(2)14-20(21)27-25-18-6-4-5-7-19(18)26-27;1-14-7-12-20(19(13-14)26-24-17-5-3-4-6-18(17)25-26)29-22(2,21(27)28)15-8-10-16(23)11-9-15/h4-14,22H,3H2,1-2H3;3-13H,1-2H3,(H,27,28). The molecular formula is C45H38Cl2N6O6. The van der Waals surface area contributed by atoms with Crippen molar-refractivity contribution in [1.82, 2.24) is 30.0 Å². The van der Waals surface area contributed by atoms with Gasteiger partial charge in [0.15, 0.2) is 0 Å². The number of esters is 1. The maximum absolute atomic E-state index is 12.7. The number of halogens is 2. The van der Waals surface area contributed by atoms with Gasteiger partial charge in [0.25, 0.3) is 0 Å². The topological polar surface area (TPSA) is 143 Å². The minimum atomic E-state index is -1.62. The number of hydrogen-bond acceptors (Lipinski definition) is 9.